The Morgan fingerprint density at radius 3 is 2.53 bits per heavy atom. The summed E-state index contributed by atoms with van der Waals surface area (Å²) >= 11 is 0. The summed E-state index contributed by atoms with van der Waals surface area (Å²) < 4.78 is 13.8. The smallest absolute Gasteiger partial charge is 0.234 e. The topological polar surface area (TPSA) is 26.8 Å². The Labute approximate surface area is 176 Å². The van der Waals surface area contributed by atoms with E-state index in [1.165, 1.54) is 28.6 Å². The van der Waals surface area contributed by atoms with E-state index in [1.807, 2.05) is 0 Å². The van der Waals surface area contributed by atoms with Gasteiger partial charge in [-0.3, -0.25) is 9.69 Å². The van der Waals surface area contributed by atoms with Gasteiger partial charge in [0, 0.05) is 50.0 Å². The highest BCUT2D eigenvalue weighted by Gasteiger charge is 2.35. The molecule has 2 aliphatic heterocycles. The number of carbonyl (C=O) groups is 1. The lowest BCUT2D eigenvalue weighted by molar-refractivity contribution is -0.119. The van der Waals surface area contributed by atoms with Crippen LogP contribution in [-0.2, 0) is 4.79 Å². The first-order valence-corrected chi connectivity index (χ1v) is 10.6. The van der Waals surface area contributed by atoms with Gasteiger partial charge in [0.15, 0.2) is 0 Å². The monoisotopic (exact) mass is 403 g/mol. The number of amides is 1. The lowest BCUT2D eigenvalue weighted by atomic mass is 9.96. The van der Waals surface area contributed by atoms with Crippen LogP contribution in [0.2, 0.25) is 0 Å². The zero-order valence-corrected chi connectivity index (χ0v) is 17.2. The van der Waals surface area contributed by atoms with Crippen molar-refractivity contribution >= 4 is 28.1 Å². The Morgan fingerprint density at radius 2 is 1.70 bits per heavy atom. The molecule has 1 unspecified atom stereocenters. The Kier molecular flexibility index (Phi) is 4.91. The molecule has 5 heteroatoms. The maximum Gasteiger partial charge on any atom is 0.234 e. The van der Waals surface area contributed by atoms with Gasteiger partial charge in [-0.2, -0.15) is 0 Å². The van der Waals surface area contributed by atoms with Crippen LogP contribution >= 0.6 is 0 Å². The first kappa shape index (κ1) is 19.1. The van der Waals surface area contributed by atoms with Gasteiger partial charge < -0.3 is 9.80 Å². The highest BCUT2D eigenvalue weighted by Crippen LogP contribution is 2.38. The predicted octanol–water partition coefficient (Wildman–Crippen LogP) is 4.25. The maximum atomic E-state index is 13.8. The van der Waals surface area contributed by atoms with Gasteiger partial charge in [0.2, 0.25) is 5.91 Å². The molecule has 1 atom stereocenters. The fraction of sp³-hybridized carbons (Fsp3) is 0.320. The van der Waals surface area contributed by atoms with Crippen molar-refractivity contribution in [3.63, 3.8) is 0 Å². The number of benzene rings is 3. The molecule has 1 amide bonds. The summed E-state index contributed by atoms with van der Waals surface area (Å²) in [5.41, 5.74) is 2.97. The molecule has 154 valence electrons. The zero-order valence-electron chi connectivity index (χ0n) is 17.2. The van der Waals surface area contributed by atoms with Crippen LogP contribution in [0.4, 0.5) is 15.8 Å². The summed E-state index contributed by atoms with van der Waals surface area (Å²) in [4.78, 5) is 19.2. The number of piperazine rings is 1. The van der Waals surface area contributed by atoms with Gasteiger partial charge in [-0.15, -0.1) is 0 Å². The standard InChI is InChI=1S/C25H26FN3O/c1-27-23-10-9-19(26)17-22(23)21(25(27)30)11-12-28-13-15-29(16-14-28)24-8-4-6-18-5-2-3-7-20(18)24/h2-10,17,21H,11-16H2,1H3. The molecule has 0 bridgehead atoms. The van der Waals surface area contributed by atoms with E-state index in [9.17, 15) is 9.18 Å². The molecular formula is C25H26FN3O. The minimum atomic E-state index is -0.273. The van der Waals surface area contributed by atoms with E-state index >= 15 is 0 Å². The first-order chi connectivity index (χ1) is 14.6. The van der Waals surface area contributed by atoms with E-state index in [2.05, 4.69) is 52.3 Å². The van der Waals surface area contributed by atoms with Crippen molar-refractivity contribution in [3.8, 4) is 0 Å². The van der Waals surface area contributed by atoms with E-state index < -0.39 is 0 Å². The fourth-order valence-electron chi connectivity index (χ4n) is 4.88. The molecule has 0 N–H and O–H groups in total. The number of fused-ring (bicyclic) bond motifs is 2. The number of anilines is 2. The van der Waals surface area contributed by atoms with Gasteiger partial charge in [-0.1, -0.05) is 36.4 Å². The normalized spacial score (nSPS) is 19.5. The van der Waals surface area contributed by atoms with Crippen LogP contribution in [0.1, 0.15) is 17.9 Å². The van der Waals surface area contributed by atoms with E-state index in [-0.39, 0.29) is 17.6 Å². The molecular weight excluding hydrogens is 377 g/mol. The van der Waals surface area contributed by atoms with Crippen molar-refractivity contribution in [3.05, 3.63) is 72.0 Å². The first-order valence-electron chi connectivity index (χ1n) is 10.6. The molecule has 0 saturated carbocycles. The van der Waals surface area contributed by atoms with Crippen molar-refractivity contribution in [1.29, 1.82) is 0 Å². The third kappa shape index (κ3) is 3.33. The second kappa shape index (κ2) is 7.73. The van der Waals surface area contributed by atoms with E-state index in [0.29, 0.717) is 0 Å². The van der Waals surface area contributed by atoms with Crippen LogP contribution in [0.3, 0.4) is 0 Å². The molecule has 4 nitrogen and oxygen atoms in total. The highest BCUT2D eigenvalue weighted by atomic mass is 19.1. The quantitative estimate of drug-likeness (QED) is 0.652. The van der Waals surface area contributed by atoms with Crippen LogP contribution in [0, 0.1) is 5.82 Å². The van der Waals surface area contributed by atoms with E-state index in [4.69, 9.17) is 0 Å². The fourth-order valence-corrected chi connectivity index (χ4v) is 4.88. The molecule has 5 rings (SSSR count). The average Bonchev–Trinajstić information content (AvgIpc) is 3.01. The number of hydrogen-bond donors (Lipinski definition) is 0. The molecule has 3 aromatic carbocycles. The summed E-state index contributed by atoms with van der Waals surface area (Å²) in [5.74, 6) is -0.438. The molecule has 0 radical (unpaired) electrons. The number of carbonyl (C=O) groups excluding carboxylic acids is 1. The molecule has 3 aromatic rings. The lowest BCUT2D eigenvalue weighted by Crippen LogP contribution is -2.47. The summed E-state index contributed by atoms with van der Waals surface area (Å²) in [6, 6.07) is 19.7. The molecule has 1 saturated heterocycles. The highest BCUT2D eigenvalue weighted by molar-refractivity contribution is 6.04. The Balaban J connectivity index is 1.23. The van der Waals surface area contributed by atoms with Gasteiger partial charge in [-0.25, -0.2) is 4.39 Å². The van der Waals surface area contributed by atoms with Crippen molar-refractivity contribution in [2.45, 2.75) is 12.3 Å². The second-order valence-electron chi connectivity index (χ2n) is 8.27. The summed E-state index contributed by atoms with van der Waals surface area (Å²) in [6.07, 6.45) is 0.730. The SMILES string of the molecule is CN1C(=O)C(CCN2CCN(c3cccc4ccccc34)CC2)c2cc(F)ccc21. The third-order valence-corrected chi connectivity index (χ3v) is 6.57. The molecule has 0 aliphatic carbocycles. The summed E-state index contributed by atoms with van der Waals surface area (Å²) in [7, 11) is 1.78. The number of likely N-dealkylation sites (N-methyl/N-ethyl adjacent to an activating group) is 1. The van der Waals surface area contributed by atoms with Crippen LogP contribution in [0.25, 0.3) is 10.8 Å². The Morgan fingerprint density at radius 1 is 0.933 bits per heavy atom. The van der Waals surface area contributed by atoms with Crippen LogP contribution < -0.4 is 9.80 Å². The van der Waals surface area contributed by atoms with Gasteiger partial charge in [-0.05, 0) is 48.2 Å². The molecule has 30 heavy (non-hydrogen) atoms. The molecule has 0 spiro atoms. The Hall–Kier alpha value is -2.92. The van der Waals surface area contributed by atoms with Gasteiger partial charge in [0.05, 0.1) is 5.92 Å². The number of halogens is 1. The van der Waals surface area contributed by atoms with E-state index in [0.717, 1.165) is 50.4 Å². The van der Waals surface area contributed by atoms with E-state index in [1.54, 1.807) is 18.0 Å². The van der Waals surface area contributed by atoms with Gasteiger partial charge in [0.25, 0.3) is 0 Å². The number of nitrogens with zero attached hydrogens (tertiary/aromatic N) is 3. The van der Waals surface area contributed by atoms with Crippen molar-refractivity contribution in [2.75, 3.05) is 49.6 Å². The second-order valence-corrected chi connectivity index (χ2v) is 8.27. The number of rotatable bonds is 4. The third-order valence-electron chi connectivity index (χ3n) is 6.57. The minimum absolute atomic E-state index is 0.0741. The average molecular weight is 404 g/mol. The molecule has 2 heterocycles. The zero-order chi connectivity index (χ0) is 20.7. The van der Waals surface area contributed by atoms with Crippen LogP contribution in [0.15, 0.2) is 60.7 Å². The maximum absolute atomic E-state index is 13.8. The van der Waals surface area contributed by atoms with Gasteiger partial charge in [0.1, 0.15) is 5.82 Å². The molecule has 0 aromatic heterocycles. The Bertz CT molecular complexity index is 1090. The summed E-state index contributed by atoms with van der Waals surface area (Å²) in [5, 5.41) is 2.57. The van der Waals surface area contributed by atoms with Crippen LogP contribution in [-0.4, -0.2) is 50.6 Å². The largest absolute Gasteiger partial charge is 0.368 e. The molecule has 2 aliphatic rings. The van der Waals surface area contributed by atoms with Crippen molar-refractivity contribution < 1.29 is 9.18 Å². The minimum Gasteiger partial charge on any atom is -0.368 e. The lowest BCUT2D eigenvalue weighted by Gasteiger charge is -2.37. The predicted molar refractivity (Wildman–Crippen MR) is 120 cm³/mol. The van der Waals surface area contributed by atoms with Crippen LogP contribution in [0.5, 0.6) is 0 Å². The molecule has 1 fully saturated rings. The number of hydrogen-bond acceptors (Lipinski definition) is 3. The van der Waals surface area contributed by atoms with Crippen molar-refractivity contribution in [1.82, 2.24) is 4.90 Å². The van der Waals surface area contributed by atoms with Crippen molar-refractivity contribution in [2.24, 2.45) is 0 Å². The van der Waals surface area contributed by atoms with Gasteiger partial charge >= 0.3 is 0 Å². The summed E-state index contributed by atoms with van der Waals surface area (Å²) in [6.45, 7) is 4.73.